The van der Waals surface area contributed by atoms with Crippen molar-refractivity contribution < 1.29 is 19.4 Å². The van der Waals surface area contributed by atoms with Crippen LogP contribution in [0.5, 0.6) is 0 Å². The minimum absolute atomic E-state index is 0.0600. The van der Waals surface area contributed by atoms with Crippen molar-refractivity contribution in [3.05, 3.63) is 24.3 Å². The number of ether oxygens (including phenoxy) is 1. The second kappa shape index (κ2) is 5.76. The Hall–Kier alpha value is -2.02. The first kappa shape index (κ1) is 12.1. The van der Waals surface area contributed by atoms with Crippen molar-refractivity contribution in [3.8, 4) is 0 Å². The van der Waals surface area contributed by atoms with E-state index in [9.17, 15) is 9.59 Å². The summed E-state index contributed by atoms with van der Waals surface area (Å²) in [5, 5.41) is 11.1. The van der Waals surface area contributed by atoms with E-state index in [2.05, 4.69) is 20.0 Å². The average Bonchev–Trinajstić information content (AvgIpc) is 2.35. The quantitative estimate of drug-likeness (QED) is 0.620. The number of nitrogens with one attached hydrogen (secondary N) is 1. The second-order valence-corrected chi connectivity index (χ2v) is 2.82. The highest BCUT2D eigenvalue weighted by atomic mass is 16.5. The summed E-state index contributed by atoms with van der Waals surface area (Å²) in [7, 11) is 1.17. The highest BCUT2D eigenvalue weighted by Crippen LogP contribution is 1.93. The van der Waals surface area contributed by atoms with Crippen LogP contribution in [0.1, 0.15) is 10.5 Å². The number of aromatic nitrogens is 2. The van der Waals surface area contributed by atoms with Crippen molar-refractivity contribution in [1.29, 1.82) is 0 Å². The number of aliphatic hydroxyl groups is 1. The number of aliphatic hydroxyl groups excluding tert-OH is 1. The predicted octanol–water partition coefficient (Wildman–Crippen LogP) is -1.26. The predicted molar refractivity (Wildman–Crippen MR) is 52.4 cm³/mol. The Labute approximate surface area is 91.5 Å². The highest BCUT2D eigenvalue weighted by molar-refractivity contribution is 5.94. The summed E-state index contributed by atoms with van der Waals surface area (Å²) in [5.74, 6) is -1.32. The van der Waals surface area contributed by atoms with E-state index in [0.29, 0.717) is 0 Å². The number of hydrogen-bond donors (Lipinski definition) is 2. The highest BCUT2D eigenvalue weighted by Gasteiger charge is 2.21. The zero-order valence-electron chi connectivity index (χ0n) is 8.58. The molecule has 0 aliphatic rings. The van der Waals surface area contributed by atoms with Gasteiger partial charge in [-0.2, -0.15) is 0 Å². The van der Waals surface area contributed by atoms with Crippen molar-refractivity contribution in [1.82, 2.24) is 15.3 Å². The van der Waals surface area contributed by atoms with Gasteiger partial charge in [0.25, 0.3) is 5.91 Å². The summed E-state index contributed by atoms with van der Waals surface area (Å²) >= 11 is 0. The van der Waals surface area contributed by atoms with E-state index >= 15 is 0 Å². The molecule has 1 aromatic heterocycles. The van der Waals surface area contributed by atoms with Crippen LogP contribution >= 0.6 is 0 Å². The summed E-state index contributed by atoms with van der Waals surface area (Å²) < 4.78 is 4.39. The number of carbonyl (C=O) groups is 2. The number of nitrogens with zero attached hydrogens (tertiary/aromatic N) is 2. The van der Waals surface area contributed by atoms with E-state index in [1.54, 1.807) is 0 Å². The number of methoxy groups -OCH3 is 1. The molecule has 1 rings (SSSR count). The van der Waals surface area contributed by atoms with E-state index < -0.39 is 24.5 Å². The first-order chi connectivity index (χ1) is 7.69. The fraction of sp³-hybridized carbons (Fsp3) is 0.333. The third-order valence-corrected chi connectivity index (χ3v) is 1.77. The van der Waals surface area contributed by atoms with Crippen molar-refractivity contribution in [2.24, 2.45) is 0 Å². The van der Waals surface area contributed by atoms with Crippen LogP contribution in [-0.2, 0) is 9.53 Å². The maximum atomic E-state index is 11.5. The van der Waals surface area contributed by atoms with Crippen molar-refractivity contribution in [2.45, 2.75) is 6.04 Å². The lowest BCUT2D eigenvalue weighted by Gasteiger charge is -2.12. The Morgan fingerprint density at radius 1 is 1.56 bits per heavy atom. The minimum Gasteiger partial charge on any atom is -0.467 e. The molecule has 2 N–H and O–H groups in total. The Balaban J connectivity index is 2.66. The van der Waals surface area contributed by atoms with Gasteiger partial charge in [0, 0.05) is 12.4 Å². The van der Waals surface area contributed by atoms with Gasteiger partial charge in [0.15, 0.2) is 6.04 Å². The SMILES string of the molecule is COC(=O)C(CO)NC(=O)c1cnccn1. The topological polar surface area (TPSA) is 101 Å². The van der Waals surface area contributed by atoms with Crippen LogP contribution in [0, 0.1) is 0 Å². The van der Waals surface area contributed by atoms with Gasteiger partial charge >= 0.3 is 5.97 Å². The van der Waals surface area contributed by atoms with Crippen LogP contribution in [0.4, 0.5) is 0 Å². The maximum absolute atomic E-state index is 11.5. The zero-order valence-corrected chi connectivity index (χ0v) is 8.58. The van der Waals surface area contributed by atoms with Gasteiger partial charge in [0.2, 0.25) is 0 Å². The minimum atomic E-state index is -1.10. The molecule has 16 heavy (non-hydrogen) atoms. The third-order valence-electron chi connectivity index (χ3n) is 1.77. The molecule has 7 nitrogen and oxygen atoms in total. The van der Waals surface area contributed by atoms with Crippen LogP contribution in [0.15, 0.2) is 18.6 Å². The summed E-state index contributed by atoms with van der Waals surface area (Å²) in [6, 6.07) is -1.10. The van der Waals surface area contributed by atoms with Crippen molar-refractivity contribution >= 4 is 11.9 Å². The van der Waals surface area contributed by atoms with Gasteiger partial charge in [-0.3, -0.25) is 9.78 Å². The van der Waals surface area contributed by atoms with Crippen LogP contribution < -0.4 is 5.32 Å². The molecule has 0 fully saturated rings. The van der Waals surface area contributed by atoms with Crippen LogP contribution in [0.25, 0.3) is 0 Å². The van der Waals surface area contributed by atoms with Gasteiger partial charge in [0.05, 0.1) is 19.9 Å². The Bertz CT molecular complexity index is 368. The molecule has 1 unspecified atom stereocenters. The summed E-state index contributed by atoms with van der Waals surface area (Å²) in [4.78, 5) is 30.0. The number of carbonyl (C=O) groups excluding carboxylic acids is 2. The molecular weight excluding hydrogens is 214 g/mol. The average molecular weight is 225 g/mol. The normalized spacial score (nSPS) is 11.6. The number of rotatable bonds is 4. The molecular formula is C9H11N3O4. The van der Waals surface area contributed by atoms with E-state index in [4.69, 9.17) is 5.11 Å². The first-order valence-electron chi connectivity index (χ1n) is 4.44. The molecule has 7 heteroatoms. The molecule has 86 valence electrons. The van der Waals surface area contributed by atoms with E-state index in [1.807, 2.05) is 0 Å². The monoisotopic (exact) mass is 225 g/mol. The zero-order chi connectivity index (χ0) is 12.0. The van der Waals surface area contributed by atoms with Gasteiger partial charge in [-0.15, -0.1) is 0 Å². The molecule has 1 heterocycles. The number of amides is 1. The number of hydrogen-bond acceptors (Lipinski definition) is 6. The lowest BCUT2D eigenvalue weighted by molar-refractivity contribution is -0.143. The Kier molecular flexibility index (Phi) is 4.34. The van der Waals surface area contributed by atoms with Gasteiger partial charge < -0.3 is 15.2 Å². The summed E-state index contributed by atoms with van der Waals surface area (Å²) in [5.41, 5.74) is 0.0600. The lowest BCUT2D eigenvalue weighted by Crippen LogP contribution is -2.44. The Morgan fingerprint density at radius 3 is 2.81 bits per heavy atom. The van der Waals surface area contributed by atoms with Crippen molar-refractivity contribution in [2.75, 3.05) is 13.7 Å². The fourth-order valence-corrected chi connectivity index (χ4v) is 0.970. The van der Waals surface area contributed by atoms with Crippen LogP contribution in [-0.4, -0.2) is 46.7 Å². The van der Waals surface area contributed by atoms with Gasteiger partial charge in [-0.25, -0.2) is 9.78 Å². The van der Waals surface area contributed by atoms with Crippen LogP contribution in [0.2, 0.25) is 0 Å². The number of esters is 1. The molecule has 0 saturated heterocycles. The van der Waals surface area contributed by atoms with Crippen LogP contribution in [0.3, 0.4) is 0 Å². The lowest BCUT2D eigenvalue weighted by atomic mass is 10.3. The molecule has 0 aliphatic carbocycles. The Morgan fingerprint density at radius 2 is 2.31 bits per heavy atom. The molecule has 0 saturated carbocycles. The first-order valence-corrected chi connectivity index (χ1v) is 4.44. The third kappa shape index (κ3) is 2.99. The smallest absolute Gasteiger partial charge is 0.330 e. The summed E-state index contributed by atoms with van der Waals surface area (Å²) in [6.07, 6.45) is 4.02. The summed E-state index contributed by atoms with van der Waals surface area (Å²) in [6.45, 7) is -0.543. The van der Waals surface area contributed by atoms with E-state index in [0.717, 1.165) is 0 Å². The molecule has 0 aliphatic heterocycles. The molecule has 1 aromatic rings. The molecule has 0 aromatic carbocycles. The van der Waals surface area contributed by atoms with E-state index in [1.165, 1.54) is 25.7 Å². The molecule has 1 atom stereocenters. The molecule has 0 radical (unpaired) electrons. The molecule has 0 spiro atoms. The van der Waals surface area contributed by atoms with Gasteiger partial charge in [0.1, 0.15) is 5.69 Å². The second-order valence-electron chi connectivity index (χ2n) is 2.82. The maximum Gasteiger partial charge on any atom is 0.330 e. The van der Waals surface area contributed by atoms with Gasteiger partial charge in [-0.05, 0) is 0 Å². The van der Waals surface area contributed by atoms with Gasteiger partial charge in [-0.1, -0.05) is 0 Å². The van der Waals surface area contributed by atoms with Crippen molar-refractivity contribution in [3.63, 3.8) is 0 Å². The molecule has 1 amide bonds. The standard InChI is InChI=1S/C9H11N3O4/c1-16-9(15)7(5-13)12-8(14)6-4-10-2-3-11-6/h2-4,7,13H,5H2,1H3,(H,12,14). The fourth-order valence-electron chi connectivity index (χ4n) is 0.970. The molecule has 0 bridgehead atoms. The van der Waals surface area contributed by atoms with E-state index in [-0.39, 0.29) is 5.69 Å². The largest absolute Gasteiger partial charge is 0.467 e.